The summed E-state index contributed by atoms with van der Waals surface area (Å²) in [6.07, 6.45) is 0. The Bertz CT molecular complexity index is 944. The Labute approximate surface area is 145 Å². The lowest BCUT2D eigenvalue weighted by molar-refractivity contribution is 0.0926. The maximum absolute atomic E-state index is 12.6. The predicted octanol–water partition coefficient (Wildman–Crippen LogP) is 4.16. The minimum absolute atomic E-state index is 0.310. The molecule has 0 spiro atoms. The summed E-state index contributed by atoms with van der Waals surface area (Å²) in [4.78, 5) is 26.4. The lowest BCUT2D eigenvalue weighted by Gasteiger charge is -2.17. The first-order valence-electron chi connectivity index (χ1n) is 7.92. The van der Waals surface area contributed by atoms with Crippen molar-refractivity contribution in [1.82, 2.24) is 0 Å². The molecule has 1 aliphatic rings. The topological polar surface area (TPSA) is 46.6 Å². The smallest absolute Gasteiger partial charge is 0.266 e. The number of benzene rings is 3. The number of carbonyl (C=O) groups is 2. The van der Waals surface area contributed by atoms with Gasteiger partial charge in [0.1, 0.15) is 5.75 Å². The molecular formula is C21H15NO3. The van der Waals surface area contributed by atoms with Crippen LogP contribution in [0.4, 0.5) is 5.69 Å². The third-order valence-electron chi connectivity index (χ3n) is 4.32. The van der Waals surface area contributed by atoms with Crippen LogP contribution in [0.1, 0.15) is 20.7 Å². The van der Waals surface area contributed by atoms with Crippen molar-refractivity contribution in [2.75, 3.05) is 12.0 Å². The van der Waals surface area contributed by atoms with E-state index in [1.54, 1.807) is 43.5 Å². The highest BCUT2D eigenvalue weighted by molar-refractivity contribution is 6.34. The number of carbonyl (C=O) groups excluding carboxylic acids is 2. The lowest BCUT2D eigenvalue weighted by atomic mass is 10.0. The van der Waals surface area contributed by atoms with E-state index in [1.807, 2.05) is 36.4 Å². The van der Waals surface area contributed by atoms with Gasteiger partial charge in [0, 0.05) is 11.6 Å². The maximum Gasteiger partial charge on any atom is 0.266 e. The van der Waals surface area contributed by atoms with Crippen LogP contribution in [-0.2, 0) is 0 Å². The molecule has 1 heterocycles. The Kier molecular flexibility index (Phi) is 3.58. The summed E-state index contributed by atoms with van der Waals surface area (Å²) in [5.74, 6) is -0.00881. The fourth-order valence-corrected chi connectivity index (χ4v) is 3.10. The van der Waals surface area contributed by atoms with E-state index in [0.717, 1.165) is 11.1 Å². The summed E-state index contributed by atoms with van der Waals surface area (Å²) in [7, 11) is 1.58. The molecule has 0 saturated carbocycles. The first kappa shape index (κ1) is 15.1. The van der Waals surface area contributed by atoms with Crippen LogP contribution in [0.15, 0.2) is 72.8 Å². The number of fused-ring (bicyclic) bond motifs is 1. The number of nitrogens with zero attached hydrogens (tertiary/aromatic N) is 1. The van der Waals surface area contributed by atoms with E-state index in [9.17, 15) is 9.59 Å². The largest absolute Gasteiger partial charge is 0.496 e. The third-order valence-corrected chi connectivity index (χ3v) is 4.32. The molecule has 4 rings (SSSR count). The lowest BCUT2D eigenvalue weighted by Crippen LogP contribution is -2.29. The number of hydrogen-bond acceptors (Lipinski definition) is 3. The molecule has 0 aromatic heterocycles. The Morgan fingerprint density at radius 3 is 1.92 bits per heavy atom. The van der Waals surface area contributed by atoms with Crippen molar-refractivity contribution < 1.29 is 14.3 Å². The molecule has 4 nitrogen and oxygen atoms in total. The molecule has 0 N–H and O–H groups in total. The summed E-state index contributed by atoms with van der Waals surface area (Å²) in [6.45, 7) is 0. The normalized spacial score (nSPS) is 13.1. The molecule has 0 saturated heterocycles. The maximum atomic E-state index is 12.6. The molecule has 0 atom stereocenters. The Morgan fingerprint density at radius 2 is 1.32 bits per heavy atom. The molecule has 1 aliphatic heterocycles. The van der Waals surface area contributed by atoms with Gasteiger partial charge in [-0.15, -0.1) is 0 Å². The third kappa shape index (κ3) is 2.39. The zero-order chi connectivity index (χ0) is 17.4. The summed E-state index contributed by atoms with van der Waals surface area (Å²) in [6, 6.07) is 22.0. The molecule has 0 bridgehead atoms. The van der Waals surface area contributed by atoms with Crippen LogP contribution >= 0.6 is 0 Å². The van der Waals surface area contributed by atoms with E-state index in [4.69, 9.17) is 4.74 Å². The van der Waals surface area contributed by atoms with E-state index in [1.165, 1.54) is 4.90 Å². The van der Waals surface area contributed by atoms with Crippen molar-refractivity contribution in [1.29, 1.82) is 0 Å². The Hall–Kier alpha value is -3.40. The second kappa shape index (κ2) is 5.91. The van der Waals surface area contributed by atoms with Crippen LogP contribution in [0.5, 0.6) is 5.75 Å². The van der Waals surface area contributed by atoms with Gasteiger partial charge in [-0.25, -0.2) is 4.90 Å². The van der Waals surface area contributed by atoms with Crippen LogP contribution in [-0.4, -0.2) is 18.9 Å². The first-order valence-corrected chi connectivity index (χ1v) is 7.92. The number of amides is 2. The summed E-state index contributed by atoms with van der Waals surface area (Å²) in [5, 5.41) is 0. The van der Waals surface area contributed by atoms with Gasteiger partial charge >= 0.3 is 0 Å². The average molecular weight is 329 g/mol. The van der Waals surface area contributed by atoms with Crippen molar-refractivity contribution in [3.8, 4) is 16.9 Å². The summed E-state index contributed by atoms with van der Waals surface area (Å²) in [5.41, 5.74) is 3.27. The van der Waals surface area contributed by atoms with Gasteiger partial charge in [-0.3, -0.25) is 9.59 Å². The summed E-state index contributed by atoms with van der Waals surface area (Å²) >= 11 is 0. The van der Waals surface area contributed by atoms with Crippen molar-refractivity contribution in [2.45, 2.75) is 0 Å². The molecule has 25 heavy (non-hydrogen) atoms. The van der Waals surface area contributed by atoms with Crippen molar-refractivity contribution in [3.63, 3.8) is 0 Å². The predicted molar refractivity (Wildman–Crippen MR) is 96.0 cm³/mol. The van der Waals surface area contributed by atoms with Crippen molar-refractivity contribution in [3.05, 3.63) is 83.9 Å². The average Bonchev–Trinajstić information content (AvgIpc) is 2.93. The van der Waals surface area contributed by atoms with E-state index in [-0.39, 0.29) is 11.8 Å². The van der Waals surface area contributed by atoms with Gasteiger partial charge < -0.3 is 4.74 Å². The minimum atomic E-state index is -0.310. The van der Waals surface area contributed by atoms with Crippen LogP contribution in [0, 0.1) is 0 Å². The van der Waals surface area contributed by atoms with E-state index in [0.29, 0.717) is 22.6 Å². The van der Waals surface area contributed by atoms with Crippen molar-refractivity contribution in [2.24, 2.45) is 0 Å². The quantitative estimate of drug-likeness (QED) is 0.678. The van der Waals surface area contributed by atoms with E-state index >= 15 is 0 Å². The van der Waals surface area contributed by atoms with Crippen LogP contribution in [0.25, 0.3) is 11.1 Å². The highest BCUT2D eigenvalue weighted by Gasteiger charge is 2.36. The zero-order valence-electron chi connectivity index (χ0n) is 13.6. The van der Waals surface area contributed by atoms with Gasteiger partial charge in [0.2, 0.25) is 0 Å². The SMILES string of the molecule is COc1cc(N2C(=O)c3ccccc3C2=O)ccc1-c1ccccc1. The zero-order valence-corrected chi connectivity index (χ0v) is 13.6. The summed E-state index contributed by atoms with van der Waals surface area (Å²) < 4.78 is 5.50. The number of anilines is 1. The van der Waals surface area contributed by atoms with Gasteiger partial charge in [-0.2, -0.15) is 0 Å². The number of ether oxygens (including phenoxy) is 1. The molecule has 2 amide bonds. The van der Waals surface area contributed by atoms with Gasteiger partial charge in [0.25, 0.3) is 11.8 Å². The second-order valence-corrected chi connectivity index (χ2v) is 5.74. The van der Waals surface area contributed by atoms with Crippen molar-refractivity contribution >= 4 is 17.5 Å². The molecule has 0 radical (unpaired) electrons. The second-order valence-electron chi connectivity index (χ2n) is 5.74. The first-order chi connectivity index (χ1) is 12.2. The molecule has 0 unspecified atom stereocenters. The van der Waals surface area contributed by atoms with Gasteiger partial charge in [0.05, 0.1) is 23.9 Å². The van der Waals surface area contributed by atoms with Gasteiger partial charge in [0.15, 0.2) is 0 Å². The highest BCUT2D eigenvalue weighted by Crippen LogP contribution is 2.36. The van der Waals surface area contributed by atoms with Gasteiger partial charge in [-0.1, -0.05) is 42.5 Å². The number of rotatable bonds is 3. The van der Waals surface area contributed by atoms with E-state index in [2.05, 4.69) is 0 Å². The minimum Gasteiger partial charge on any atom is -0.496 e. The Balaban J connectivity index is 1.78. The molecule has 122 valence electrons. The molecule has 0 fully saturated rings. The van der Waals surface area contributed by atoms with Gasteiger partial charge in [-0.05, 0) is 29.8 Å². The Morgan fingerprint density at radius 1 is 0.720 bits per heavy atom. The standard InChI is InChI=1S/C21H15NO3/c1-25-19-13-15(11-12-16(19)14-7-3-2-4-8-14)22-20(23)17-9-5-6-10-18(17)21(22)24/h2-13H,1H3. The number of imide groups is 1. The fourth-order valence-electron chi connectivity index (χ4n) is 3.10. The van der Waals surface area contributed by atoms with Crippen LogP contribution < -0.4 is 9.64 Å². The monoisotopic (exact) mass is 329 g/mol. The molecule has 3 aromatic carbocycles. The highest BCUT2D eigenvalue weighted by atomic mass is 16.5. The number of hydrogen-bond donors (Lipinski definition) is 0. The van der Waals surface area contributed by atoms with Crippen LogP contribution in [0.2, 0.25) is 0 Å². The van der Waals surface area contributed by atoms with E-state index < -0.39 is 0 Å². The van der Waals surface area contributed by atoms with Crippen LogP contribution in [0.3, 0.4) is 0 Å². The fraction of sp³-hybridized carbons (Fsp3) is 0.0476. The molecule has 0 aliphatic carbocycles. The molecule has 3 aromatic rings. The molecule has 4 heteroatoms. The number of methoxy groups -OCH3 is 1. The molecular weight excluding hydrogens is 314 g/mol.